The second-order valence-electron chi connectivity index (χ2n) is 6.79. The second kappa shape index (κ2) is 17.9. The number of esters is 1. The van der Waals surface area contributed by atoms with Crippen molar-refractivity contribution in [1.29, 1.82) is 0 Å². The van der Waals surface area contributed by atoms with Crippen molar-refractivity contribution < 1.29 is 19.0 Å². The molecule has 0 spiro atoms. The number of carbonyl (C=O) groups is 1. The molecule has 0 rings (SSSR count). The molecule has 0 bridgehead atoms. The van der Waals surface area contributed by atoms with Gasteiger partial charge in [0.2, 0.25) is 0 Å². The molecule has 1 N–H and O–H groups in total. The SMILES string of the molecule is CCCCCCCCCCCCCC/C=C(/F)C(O)CC(=O)OCC. The molecule has 0 aromatic carbocycles. The molecule has 148 valence electrons. The number of unbranched alkanes of at least 4 members (excludes halogenated alkanes) is 12. The van der Waals surface area contributed by atoms with E-state index in [0.717, 1.165) is 12.8 Å². The summed E-state index contributed by atoms with van der Waals surface area (Å²) in [6, 6.07) is 0. The Morgan fingerprint density at radius 3 is 1.88 bits per heavy atom. The summed E-state index contributed by atoms with van der Waals surface area (Å²) >= 11 is 0. The molecular formula is C21H39FO3. The number of aliphatic hydroxyl groups excluding tert-OH is 1. The van der Waals surface area contributed by atoms with Gasteiger partial charge in [0.05, 0.1) is 13.0 Å². The van der Waals surface area contributed by atoms with Crippen LogP contribution in [0.15, 0.2) is 11.9 Å². The van der Waals surface area contributed by atoms with Crippen molar-refractivity contribution in [2.24, 2.45) is 0 Å². The van der Waals surface area contributed by atoms with Crippen molar-refractivity contribution in [3.05, 3.63) is 11.9 Å². The predicted octanol–water partition coefficient (Wildman–Crippen LogP) is 6.25. The molecule has 4 heteroatoms. The highest BCUT2D eigenvalue weighted by atomic mass is 19.1. The van der Waals surface area contributed by atoms with Crippen molar-refractivity contribution in [2.75, 3.05) is 6.61 Å². The van der Waals surface area contributed by atoms with Crippen LogP contribution in [0.5, 0.6) is 0 Å². The van der Waals surface area contributed by atoms with Crippen LogP contribution in [0, 0.1) is 0 Å². The Balaban J connectivity index is 3.45. The summed E-state index contributed by atoms with van der Waals surface area (Å²) in [5.41, 5.74) is 0. The van der Waals surface area contributed by atoms with Gasteiger partial charge in [0.1, 0.15) is 11.9 Å². The Labute approximate surface area is 154 Å². The molecule has 0 heterocycles. The van der Waals surface area contributed by atoms with Crippen LogP contribution < -0.4 is 0 Å². The van der Waals surface area contributed by atoms with E-state index >= 15 is 0 Å². The van der Waals surface area contributed by atoms with E-state index in [-0.39, 0.29) is 13.0 Å². The summed E-state index contributed by atoms with van der Waals surface area (Å²) in [6.45, 7) is 4.18. The predicted molar refractivity (Wildman–Crippen MR) is 102 cm³/mol. The third kappa shape index (κ3) is 16.3. The van der Waals surface area contributed by atoms with Gasteiger partial charge < -0.3 is 9.84 Å². The van der Waals surface area contributed by atoms with Gasteiger partial charge in [0, 0.05) is 0 Å². The first-order valence-electron chi connectivity index (χ1n) is 10.3. The van der Waals surface area contributed by atoms with Crippen LogP contribution in [0.25, 0.3) is 0 Å². The number of halogens is 1. The van der Waals surface area contributed by atoms with Crippen molar-refractivity contribution >= 4 is 5.97 Å². The number of ether oxygens (including phenoxy) is 1. The minimum absolute atomic E-state index is 0.246. The molecule has 0 radical (unpaired) electrons. The molecule has 1 atom stereocenters. The fourth-order valence-electron chi connectivity index (χ4n) is 2.84. The third-order valence-corrected chi connectivity index (χ3v) is 4.38. The molecule has 0 aromatic heterocycles. The van der Waals surface area contributed by atoms with E-state index in [0.29, 0.717) is 6.42 Å². The fraction of sp³-hybridized carbons (Fsp3) is 0.857. The summed E-state index contributed by atoms with van der Waals surface area (Å²) < 4.78 is 18.3. The normalized spacial score (nSPS) is 13.0. The highest BCUT2D eigenvalue weighted by molar-refractivity contribution is 5.70. The van der Waals surface area contributed by atoms with Gasteiger partial charge >= 0.3 is 5.97 Å². The Hall–Kier alpha value is -0.900. The minimum atomic E-state index is -1.36. The number of allylic oxidation sites excluding steroid dienone is 1. The molecule has 0 aliphatic heterocycles. The lowest BCUT2D eigenvalue weighted by Gasteiger charge is -2.07. The van der Waals surface area contributed by atoms with Gasteiger partial charge in [-0.1, -0.05) is 83.6 Å². The van der Waals surface area contributed by atoms with Crippen LogP contribution in [0.4, 0.5) is 4.39 Å². The van der Waals surface area contributed by atoms with E-state index in [4.69, 9.17) is 4.74 Å². The zero-order chi connectivity index (χ0) is 18.8. The first kappa shape index (κ1) is 24.1. The molecule has 0 fully saturated rings. The number of carbonyl (C=O) groups excluding carboxylic acids is 1. The van der Waals surface area contributed by atoms with E-state index in [1.807, 2.05) is 0 Å². The van der Waals surface area contributed by atoms with Gasteiger partial charge in [0.15, 0.2) is 0 Å². The van der Waals surface area contributed by atoms with Crippen LogP contribution in [0.3, 0.4) is 0 Å². The quantitative estimate of drug-likeness (QED) is 0.247. The van der Waals surface area contributed by atoms with Crippen LogP contribution in [0.1, 0.15) is 104 Å². The number of hydrogen-bond acceptors (Lipinski definition) is 3. The van der Waals surface area contributed by atoms with Crippen molar-refractivity contribution in [3.8, 4) is 0 Å². The zero-order valence-corrected chi connectivity index (χ0v) is 16.4. The number of rotatable bonds is 17. The lowest BCUT2D eigenvalue weighted by atomic mass is 10.0. The van der Waals surface area contributed by atoms with Gasteiger partial charge in [-0.3, -0.25) is 4.79 Å². The lowest BCUT2D eigenvalue weighted by molar-refractivity contribution is -0.145. The third-order valence-electron chi connectivity index (χ3n) is 4.38. The zero-order valence-electron chi connectivity index (χ0n) is 16.4. The smallest absolute Gasteiger partial charge is 0.308 e. The molecule has 0 saturated carbocycles. The minimum Gasteiger partial charge on any atom is -0.466 e. The fourth-order valence-corrected chi connectivity index (χ4v) is 2.84. The summed E-state index contributed by atoms with van der Waals surface area (Å²) in [5.74, 6) is -1.18. The maximum Gasteiger partial charge on any atom is 0.308 e. The van der Waals surface area contributed by atoms with Crippen molar-refractivity contribution in [2.45, 2.75) is 110 Å². The molecule has 25 heavy (non-hydrogen) atoms. The first-order valence-corrected chi connectivity index (χ1v) is 10.3. The monoisotopic (exact) mass is 358 g/mol. The Morgan fingerprint density at radius 2 is 1.40 bits per heavy atom. The average molecular weight is 359 g/mol. The maximum absolute atomic E-state index is 13.6. The molecule has 0 aliphatic rings. The highest BCUT2D eigenvalue weighted by Gasteiger charge is 2.15. The summed E-state index contributed by atoms with van der Waals surface area (Å²) in [6.07, 6.45) is 15.6. The first-order chi connectivity index (χ1) is 12.1. The van der Waals surface area contributed by atoms with Crippen LogP contribution in [-0.4, -0.2) is 23.8 Å². The molecule has 1 unspecified atom stereocenters. The van der Waals surface area contributed by atoms with Gasteiger partial charge in [-0.05, 0) is 19.8 Å². The molecule has 0 amide bonds. The van der Waals surface area contributed by atoms with Gasteiger partial charge in [-0.2, -0.15) is 0 Å². The lowest BCUT2D eigenvalue weighted by Crippen LogP contribution is -2.16. The van der Waals surface area contributed by atoms with Gasteiger partial charge in [-0.25, -0.2) is 4.39 Å². The van der Waals surface area contributed by atoms with E-state index < -0.39 is 17.9 Å². The highest BCUT2D eigenvalue weighted by Crippen LogP contribution is 2.14. The molecule has 0 aromatic rings. The van der Waals surface area contributed by atoms with E-state index in [2.05, 4.69) is 6.92 Å². The van der Waals surface area contributed by atoms with Gasteiger partial charge in [-0.15, -0.1) is 0 Å². The summed E-state index contributed by atoms with van der Waals surface area (Å²) in [5, 5.41) is 9.56. The van der Waals surface area contributed by atoms with Crippen LogP contribution in [-0.2, 0) is 9.53 Å². The number of hydrogen-bond donors (Lipinski definition) is 1. The summed E-state index contributed by atoms with van der Waals surface area (Å²) in [4.78, 5) is 11.2. The van der Waals surface area contributed by atoms with Gasteiger partial charge in [0.25, 0.3) is 0 Å². The average Bonchev–Trinajstić information content (AvgIpc) is 2.58. The standard InChI is InChI=1S/C21H39FO3/c1-3-5-6-7-8-9-10-11-12-13-14-15-16-17-19(22)20(23)18-21(24)25-4-2/h17,20,23H,3-16,18H2,1-2H3/b19-17+. The Bertz CT molecular complexity index is 342. The molecule has 0 aliphatic carbocycles. The van der Waals surface area contributed by atoms with Crippen molar-refractivity contribution in [3.63, 3.8) is 0 Å². The Morgan fingerprint density at radius 1 is 0.920 bits per heavy atom. The molecule has 3 nitrogen and oxygen atoms in total. The Kier molecular flexibility index (Phi) is 17.3. The second-order valence-corrected chi connectivity index (χ2v) is 6.79. The largest absolute Gasteiger partial charge is 0.466 e. The van der Waals surface area contributed by atoms with E-state index in [9.17, 15) is 14.3 Å². The van der Waals surface area contributed by atoms with E-state index in [1.165, 1.54) is 70.3 Å². The van der Waals surface area contributed by atoms with E-state index in [1.54, 1.807) is 6.92 Å². The number of aliphatic hydroxyl groups is 1. The molecular weight excluding hydrogens is 319 g/mol. The van der Waals surface area contributed by atoms with Crippen LogP contribution in [0.2, 0.25) is 0 Å². The topological polar surface area (TPSA) is 46.5 Å². The molecule has 0 saturated heterocycles. The maximum atomic E-state index is 13.6. The van der Waals surface area contributed by atoms with Crippen LogP contribution >= 0.6 is 0 Å². The summed E-state index contributed by atoms with van der Waals surface area (Å²) in [7, 11) is 0. The van der Waals surface area contributed by atoms with Crippen molar-refractivity contribution in [1.82, 2.24) is 0 Å².